The zero-order chi connectivity index (χ0) is 17.5. The van der Waals surface area contributed by atoms with Crippen molar-refractivity contribution in [2.75, 3.05) is 25.5 Å². The number of rotatable bonds is 7. The van der Waals surface area contributed by atoms with Crippen molar-refractivity contribution in [3.63, 3.8) is 0 Å². The summed E-state index contributed by atoms with van der Waals surface area (Å²) in [7, 11) is 1.55. The normalized spacial score (nSPS) is 10.3. The van der Waals surface area contributed by atoms with Gasteiger partial charge in [0.1, 0.15) is 11.6 Å². The fourth-order valence-corrected chi connectivity index (χ4v) is 2.36. The highest BCUT2D eigenvalue weighted by atomic mass is 35.5. The van der Waals surface area contributed by atoms with E-state index in [-0.39, 0.29) is 18.3 Å². The summed E-state index contributed by atoms with van der Waals surface area (Å²) in [6, 6.07) is 9.79. The summed E-state index contributed by atoms with van der Waals surface area (Å²) in [6.45, 7) is 2.50. The van der Waals surface area contributed by atoms with Crippen LogP contribution in [-0.2, 0) is 11.2 Å². The number of carbonyl (C=O) groups is 1. The highest BCUT2D eigenvalue weighted by molar-refractivity contribution is 6.31. The first-order valence-corrected chi connectivity index (χ1v) is 7.96. The molecule has 0 heterocycles. The molecule has 4 nitrogen and oxygen atoms in total. The zero-order valence-electron chi connectivity index (χ0n) is 13.7. The minimum absolute atomic E-state index is 0.126. The van der Waals surface area contributed by atoms with E-state index in [1.807, 2.05) is 13.0 Å². The number of methoxy groups -OCH3 is 1. The summed E-state index contributed by atoms with van der Waals surface area (Å²) >= 11 is 6.05. The van der Waals surface area contributed by atoms with Crippen molar-refractivity contribution in [2.45, 2.75) is 13.3 Å². The van der Waals surface area contributed by atoms with E-state index in [1.54, 1.807) is 25.3 Å². The van der Waals surface area contributed by atoms with Crippen molar-refractivity contribution in [1.82, 2.24) is 5.32 Å². The van der Waals surface area contributed by atoms with Crippen LogP contribution in [0.1, 0.15) is 11.1 Å². The highest BCUT2D eigenvalue weighted by Gasteiger charge is 2.08. The second kappa shape index (κ2) is 8.55. The summed E-state index contributed by atoms with van der Waals surface area (Å²) in [5.74, 6) is 0.190. The van der Waals surface area contributed by atoms with E-state index in [1.165, 1.54) is 12.1 Å². The molecule has 0 aromatic heterocycles. The number of benzene rings is 2. The quantitative estimate of drug-likeness (QED) is 0.802. The van der Waals surface area contributed by atoms with Crippen LogP contribution in [-0.4, -0.2) is 26.1 Å². The molecule has 2 rings (SSSR count). The Labute approximate surface area is 146 Å². The van der Waals surface area contributed by atoms with Crippen LogP contribution < -0.4 is 15.4 Å². The van der Waals surface area contributed by atoms with Gasteiger partial charge in [-0.1, -0.05) is 23.7 Å². The molecule has 6 heteroatoms. The highest BCUT2D eigenvalue weighted by Crippen LogP contribution is 2.30. The number of nitrogens with one attached hydrogen (secondary N) is 2. The van der Waals surface area contributed by atoms with E-state index in [0.29, 0.717) is 29.4 Å². The maximum Gasteiger partial charge on any atom is 0.239 e. The van der Waals surface area contributed by atoms with E-state index >= 15 is 0 Å². The SMILES string of the molecule is COc1cc(Cl)c(C)cc1NCC(=O)NCCc1ccc(F)cc1. The third-order valence-electron chi connectivity index (χ3n) is 3.57. The van der Waals surface area contributed by atoms with Gasteiger partial charge in [-0.15, -0.1) is 0 Å². The van der Waals surface area contributed by atoms with Crippen molar-refractivity contribution >= 4 is 23.2 Å². The lowest BCUT2D eigenvalue weighted by atomic mass is 10.1. The van der Waals surface area contributed by atoms with Gasteiger partial charge in [0.25, 0.3) is 0 Å². The van der Waals surface area contributed by atoms with E-state index in [0.717, 1.165) is 11.1 Å². The van der Waals surface area contributed by atoms with Crippen LogP contribution in [0.3, 0.4) is 0 Å². The molecular weight excluding hydrogens is 331 g/mol. The van der Waals surface area contributed by atoms with Gasteiger partial charge in [-0.3, -0.25) is 4.79 Å². The van der Waals surface area contributed by atoms with E-state index in [9.17, 15) is 9.18 Å². The van der Waals surface area contributed by atoms with Gasteiger partial charge in [0.05, 0.1) is 19.3 Å². The van der Waals surface area contributed by atoms with Crippen LogP contribution in [0.2, 0.25) is 5.02 Å². The third-order valence-corrected chi connectivity index (χ3v) is 3.98. The van der Waals surface area contributed by atoms with Crippen molar-refractivity contribution in [2.24, 2.45) is 0 Å². The molecule has 0 aliphatic carbocycles. The molecule has 0 aliphatic rings. The second-order valence-corrected chi connectivity index (χ2v) is 5.79. The largest absolute Gasteiger partial charge is 0.495 e. The fraction of sp³-hybridized carbons (Fsp3) is 0.278. The molecule has 0 radical (unpaired) electrons. The molecule has 2 aromatic carbocycles. The van der Waals surface area contributed by atoms with E-state index in [4.69, 9.17) is 16.3 Å². The van der Waals surface area contributed by atoms with Crippen LogP contribution in [0.5, 0.6) is 5.75 Å². The molecule has 24 heavy (non-hydrogen) atoms. The Kier molecular flexibility index (Phi) is 6.44. The first-order valence-electron chi connectivity index (χ1n) is 7.58. The second-order valence-electron chi connectivity index (χ2n) is 5.38. The Morgan fingerprint density at radius 2 is 1.96 bits per heavy atom. The molecule has 0 saturated carbocycles. The van der Waals surface area contributed by atoms with Gasteiger partial charge in [-0.05, 0) is 42.7 Å². The molecule has 0 atom stereocenters. The standard InChI is InChI=1S/C18H20ClFN2O2/c1-12-9-16(17(24-2)10-15(12)19)22-11-18(23)21-8-7-13-3-5-14(20)6-4-13/h3-6,9-10,22H,7-8,11H2,1-2H3,(H,21,23). The van der Waals surface area contributed by atoms with Gasteiger partial charge in [-0.2, -0.15) is 0 Å². The maximum atomic E-state index is 12.8. The lowest BCUT2D eigenvalue weighted by molar-refractivity contribution is -0.119. The number of amides is 1. The van der Waals surface area contributed by atoms with E-state index in [2.05, 4.69) is 10.6 Å². The Hall–Kier alpha value is -2.27. The lowest BCUT2D eigenvalue weighted by Crippen LogP contribution is -2.31. The predicted molar refractivity (Wildman–Crippen MR) is 94.3 cm³/mol. The van der Waals surface area contributed by atoms with Crippen LogP contribution >= 0.6 is 11.6 Å². The van der Waals surface area contributed by atoms with Crippen LogP contribution in [0.25, 0.3) is 0 Å². The predicted octanol–water partition coefficient (Wildman–Crippen LogP) is 3.57. The molecule has 0 fully saturated rings. The Bertz CT molecular complexity index is 705. The molecule has 0 saturated heterocycles. The number of hydrogen-bond acceptors (Lipinski definition) is 3. The summed E-state index contributed by atoms with van der Waals surface area (Å²) in [6.07, 6.45) is 0.648. The molecule has 0 spiro atoms. The number of anilines is 1. The smallest absolute Gasteiger partial charge is 0.239 e. The summed E-state index contributed by atoms with van der Waals surface area (Å²) in [5, 5.41) is 6.47. The van der Waals surface area contributed by atoms with Crippen LogP contribution in [0.4, 0.5) is 10.1 Å². The third kappa shape index (κ3) is 5.13. The van der Waals surface area contributed by atoms with Gasteiger partial charge < -0.3 is 15.4 Å². The van der Waals surface area contributed by atoms with Crippen molar-refractivity contribution in [3.8, 4) is 5.75 Å². The number of carbonyl (C=O) groups excluding carboxylic acids is 1. The van der Waals surface area contributed by atoms with Gasteiger partial charge in [-0.25, -0.2) is 4.39 Å². The average molecular weight is 351 g/mol. The topological polar surface area (TPSA) is 50.4 Å². The molecule has 1 amide bonds. The Morgan fingerprint density at radius 1 is 1.25 bits per heavy atom. The fourth-order valence-electron chi connectivity index (χ4n) is 2.21. The molecule has 2 N–H and O–H groups in total. The molecule has 0 unspecified atom stereocenters. The lowest BCUT2D eigenvalue weighted by Gasteiger charge is -2.13. The summed E-state index contributed by atoms with van der Waals surface area (Å²) in [5.41, 5.74) is 2.59. The molecule has 128 valence electrons. The first-order chi connectivity index (χ1) is 11.5. The number of halogens is 2. The maximum absolute atomic E-state index is 12.8. The first kappa shape index (κ1) is 18.1. The van der Waals surface area contributed by atoms with Crippen molar-refractivity contribution in [3.05, 3.63) is 58.4 Å². The monoisotopic (exact) mass is 350 g/mol. The average Bonchev–Trinajstić information content (AvgIpc) is 2.57. The number of hydrogen-bond donors (Lipinski definition) is 2. The Morgan fingerprint density at radius 3 is 2.62 bits per heavy atom. The van der Waals surface area contributed by atoms with Crippen molar-refractivity contribution in [1.29, 1.82) is 0 Å². The summed E-state index contributed by atoms with van der Waals surface area (Å²) in [4.78, 5) is 11.9. The van der Waals surface area contributed by atoms with Gasteiger partial charge in [0, 0.05) is 17.6 Å². The van der Waals surface area contributed by atoms with Gasteiger partial charge >= 0.3 is 0 Å². The zero-order valence-corrected chi connectivity index (χ0v) is 14.4. The number of aryl methyl sites for hydroxylation is 1. The summed E-state index contributed by atoms with van der Waals surface area (Å²) < 4.78 is 18.1. The molecule has 2 aromatic rings. The van der Waals surface area contributed by atoms with E-state index < -0.39 is 0 Å². The van der Waals surface area contributed by atoms with Gasteiger partial charge in [0.2, 0.25) is 5.91 Å². The van der Waals surface area contributed by atoms with Crippen molar-refractivity contribution < 1.29 is 13.9 Å². The Balaban J connectivity index is 1.81. The number of ether oxygens (including phenoxy) is 1. The molecular formula is C18H20ClFN2O2. The van der Waals surface area contributed by atoms with Crippen LogP contribution in [0.15, 0.2) is 36.4 Å². The van der Waals surface area contributed by atoms with Gasteiger partial charge in [0.15, 0.2) is 0 Å². The molecule has 0 bridgehead atoms. The van der Waals surface area contributed by atoms with Crippen LogP contribution in [0, 0.1) is 12.7 Å². The minimum Gasteiger partial charge on any atom is -0.495 e. The molecule has 0 aliphatic heterocycles. The minimum atomic E-state index is -0.265.